The van der Waals surface area contributed by atoms with E-state index in [0.717, 1.165) is 0 Å². The molecule has 1 aromatic rings. The highest BCUT2D eigenvalue weighted by atomic mass is 16.5. The molecule has 0 saturated heterocycles. The lowest BCUT2D eigenvalue weighted by Gasteiger charge is -2.17. The molecule has 0 aliphatic carbocycles. The molecule has 1 rings (SSSR count). The summed E-state index contributed by atoms with van der Waals surface area (Å²) < 4.78 is 15.1. The van der Waals surface area contributed by atoms with Crippen LogP contribution in [0.3, 0.4) is 0 Å². The van der Waals surface area contributed by atoms with Gasteiger partial charge >= 0.3 is 11.9 Å². The van der Waals surface area contributed by atoms with E-state index in [4.69, 9.17) is 19.9 Å². The molecule has 212 valence electrons. The zero-order valence-corrected chi connectivity index (χ0v) is 23.5. The Hall–Kier alpha value is -3.89. The van der Waals surface area contributed by atoms with Gasteiger partial charge in [0.1, 0.15) is 17.5 Å². The standard InChI is InChI=1S/C24H34N4O7.C3H8/c1-6-34-21(30)13-12-18(24(32)35-7-2)28-20(29)14-26-23(31)22(15(3)25)16(4)27-17-10-8-9-11-19(17)33-5;1-3-2/h8-11,18H,6-7,12-14,25H2,1-5H3,(H,26,31)(H,28,29);3H2,1-2H3/b22-15+,27-16?;/t18-;/m1./s1. The number of rotatable bonds is 13. The number of aliphatic imine (C=N–C) groups is 1. The van der Waals surface area contributed by atoms with Gasteiger partial charge in [0.2, 0.25) is 5.91 Å². The molecular formula is C27H42N4O7. The third-order valence-electron chi connectivity index (χ3n) is 4.61. The molecule has 2 amide bonds. The average molecular weight is 535 g/mol. The number of hydrogen-bond donors (Lipinski definition) is 3. The number of ether oxygens (including phenoxy) is 3. The van der Waals surface area contributed by atoms with Crippen molar-refractivity contribution in [3.63, 3.8) is 0 Å². The van der Waals surface area contributed by atoms with Crippen LogP contribution in [0.2, 0.25) is 0 Å². The summed E-state index contributed by atoms with van der Waals surface area (Å²) in [5.41, 5.74) is 7.06. The van der Waals surface area contributed by atoms with Crippen LogP contribution in [0.15, 0.2) is 40.5 Å². The van der Waals surface area contributed by atoms with Crippen LogP contribution < -0.4 is 21.1 Å². The molecule has 4 N–H and O–H groups in total. The highest BCUT2D eigenvalue weighted by molar-refractivity contribution is 6.22. The van der Waals surface area contributed by atoms with Gasteiger partial charge in [0, 0.05) is 12.1 Å². The van der Waals surface area contributed by atoms with E-state index in [1.54, 1.807) is 52.0 Å². The molecule has 38 heavy (non-hydrogen) atoms. The first-order chi connectivity index (χ1) is 18.1. The molecule has 0 saturated carbocycles. The monoisotopic (exact) mass is 534 g/mol. The van der Waals surface area contributed by atoms with Gasteiger partial charge in [-0.3, -0.25) is 14.4 Å². The van der Waals surface area contributed by atoms with Gasteiger partial charge in [0.15, 0.2) is 0 Å². The van der Waals surface area contributed by atoms with E-state index in [2.05, 4.69) is 29.5 Å². The summed E-state index contributed by atoms with van der Waals surface area (Å²) in [4.78, 5) is 53.5. The largest absolute Gasteiger partial charge is 0.494 e. The van der Waals surface area contributed by atoms with E-state index in [1.165, 1.54) is 13.5 Å². The van der Waals surface area contributed by atoms with Crippen LogP contribution in [0.1, 0.15) is 60.8 Å². The predicted octanol–water partition coefficient (Wildman–Crippen LogP) is 2.94. The van der Waals surface area contributed by atoms with Crippen molar-refractivity contribution in [2.24, 2.45) is 10.7 Å². The Kier molecular flexibility index (Phi) is 17.3. The number of amides is 2. The maximum absolute atomic E-state index is 12.8. The number of hydrogen-bond acceptors (Lipinski definition) is 9. The number of esters is 2. The molecule has 1 aromatic carbocycles. The van der Waals surface area contributed by atoms with Crippen molar-refractivity contribution >= 4 is 35.2 Å². The van der Waals surface area contributed by atoms with Gasteiger partial charge in [0.25, 0.3) is 5.91 Å². The molecule has 0 bridgehead atoms. The summed E-state index contributed by atoms with van der Waals surface area (Å²) in [6.07, 6.45) is 1.16. The van der Waals surface area contributed by atoms with Crippen molar-refractivity contribution < 1.29 is 33.4 Å². The van der Waals surface area contributed by atoms with Crippen LogP contribution in [0, 0.1) is 0 Å². The molecule has 1 atom stereocenters. The predicted molar refractivity (Wildman–Crippen MR) is 146 cm³/mol. The fourth-order valence-electron chi connectivity index (χ4n) is 3.07. The van der Waals surface area contributed by atoms with Gasteiger partial charge in [-0.25, -0.2) is 9.79 Å². The van der Waals surface area contributed by atoms with Gasteiger partial charge in [0.05, 0.1) is 38.2 Å². The summed E-state index contributed by atoms with van der Waals surface area (Å²) in [6.45, 7) is 10.6. The molecule has 0 heterocycles. The summed E-state index contributed by atoms with van der Waals surface area (Å²) in [5.74, 6) is -1.92. The summed E-state index contributed by atoms with van der Waals surface area (Å²) in [6, 6.07) is 5.96. The second-order valence-corrected chi connectivity index (χ2v) is 8.03. The first kappa shape index (κ1) is 34.1. The lowest BCUT2D eigenvalue weighted by Crippen LogP contribution is -2.47. The SMILES string of the molecule is CCC.CCOC(=O)CC[C@@H](NC(=O)CNC(=O)/C(C(C)=Nc1ccccc1OC)=C(\C)N)C(=O)OCC. The van der Waals surface area contributed by atoms with Crippen LogP contribution in [0.4, 0.5) is 5.69 Å². The maximum atomic E-state index is 12.8. The number of nitrogens with two attached hydrogens (primary N) is 1. The van der Waals surface area contributed by atoms with E-state index >= 15 is 0 Å². The third kappa shape index (κ3) is 12.9. The Bertz CT molecular complexity index is 985. The maximum Gasteiger partial charge on any atom is 0.328 e. The number of nitrogens with zero attached hydrogens (tertiary/aromatic N) is 1. The van der Waals surface area contributed by atoms with Crippen molar-refractivity contribution in [3.05, 3.63) is 35.5 Å². The topological polar surface area (TPSA) is 158 Å². The van der Waals surface area contributed by atoms with Crippen molar-refractivity contribution in [2.45, 2.75) is 66.8 Å². The van der Waals surface area contributed by atoms with Crippen LogP contribution in [-0.2, 0) is 28.7 Å². The molecule has 0 unspecified atom stereocenters. The van der Waals surface area contributed by atoms with Gasteiger partial charge in [-0.15, -0.1) is 0 Å². The minimum absolute atomic E-state index is 0.00487. The van der Waals surface area contributed by atoms with Crippen LogP contribution in [0.25, 0.3) is 0 Å². The van der Waals surface area contributed by atoms with Gasteiger partial charge in [-0.05, 0) is 46.2 Å². The van der Waals surface area contributed by atoms with E-state index in [1.807, 2.05) is 0 Å². The lowest BCUT2D eigenvalue weighted by molar-refractivity contribution is -0.148. The smallest absolute Gasteiger partial charge is 0.328 e. The first-order valence-corrected chi connectivity index (χ1v) is 12.6. The molecule has 0 spiro atoms. The van der Waals surface area contributed by atoms with Crippen LogP contribution in [0.5, 0.6) is 5.75 Å². The number of carbonyl (C=O) groups excluding carboxylic acids is 4. The second kappa shape index (κ2) is 19.3. The number of allylic oxidation sites excluding steroid dienone is 1. The Morgan fingerprint density at radius 2 is 1.61 bits per heavy atom. The third-order valence-corrected chi connectivity index (χ3v) is 4.61. The van der Waals surface area contributed by atoms with Gasteiger partial charge in [-0.1, -0.05) is 32.4 Å². The first-order valence-electron chi connectivity index (χ1n) is 12.6. The van der Waals surface area contributed by atoms with Crippen molar-refractivity contribution in [3.8, 4) is 5.75 Å². The van der Waals surface area contributed by atoms with Crippen molar-refractivity contribution in [2.75, 3.05) is 26.9 Å². The molecule has 11 heteroatoms. The molecule has 0 aliphatic rings. The van der Waals surface area contributed by atoms with E-state index in [9.17, 15) is 19.2 Å². The quantitative estimate of drug-likeness (QED) is 0.198. The van der Waals surface area contributed by atoms with E-state index < -0.39 is 36.3 Å². The Labute approximate surface area is 225 Å². The molecule has 11 nitrogen and oxygen atoms in total. The minimum Gasteiger partial charge on any atom is -0.494 e. The summed E-state index contributed by atoms with van der Waals surface area (Å²) in [5, 5.41) is 4.95. The fourth-order valence-corrected chi connectivity index (χ4v) is 3.07. The number of nitrogens with one attached hydrogen (secondary N) is 2. The summed E-state index contributed by atoms with van der Waals surface area (Å²) >= 11 is 0. The Balaban J connectivity index is 0.00000434. The fraction of sp³-hybridized carbons (Fsp3) is 0.519. The second-order valence-electron chi connectivity index (χ2n) is 8.03. The van der Waals surface area contributed by atoms with E-state index in [-0.39, 0.29) is 37.3 Å². The van der Waals surface area contributed by atoms with Crippen molar-refractivity contribution in [1.29, 1.82) is 0 Å². The average Bonchev–Trinajstić information content (AvgIpc) is 2.86. The van der Waals surface area contributed by atoms with Gasteiger partial charge in [-0.2, -0.15) is 0 Å². The number of carbonyl (C=O) groups is 4. The molecule has 0 aromatic heterocycles. The Morgan fingerprint density at radius 1 is 1.00 bits per heavy atom. The highest BCUT2D eigenvalue weighted by Gasteiger charge is 2.24. The number of methoxy groups -OCH3 is 1. The van der Waals surface area contributed by atoms with E-state index in [0.29, 0.717) is 17.1 Å². The lowest BCUT2D eigenvalue weighted by atomic mass is 10.1. The number of para-hydroxylation sites is 2. The van der Waals surface area contributed by atoms with Crippen LogP contribution in [-0.4, -0.2) is 62.4 Å². The Morgan fingerprint density at radius 3 is 2.16 bits per heavy atom. The normalized spacial score (nSPS) is 12.1. The molecule has 0 radical (unpaired) electrons. The molecule has 0 aliphatic heterocycles. The van der Waals surface area contributed by atoms with Crippen molar-refractivity contribution in [1.82, 2.24) is 10.6 Å². The minimum atomic E-state index is -1.07. The van der Waals surface area contributed by atoms with Gasteiger partial charge < -0.3 is 30.6 Å². The van der Waals surface area contributed by atoms with Crippen LogP contribution >= 0.6 is 0 Å². The molecular weight excluding hydrogens is 492 g/mol. The molecule has 0 fully saturated rings. The zero-order chi connectivity index (χ0) is 29.1. The number of benzene rings is 1. The highest BCUT2D eigenvalue weighted by Crippen LogP contribution is 2.27. The zero-order valence-electron chi connectivity index (χ0n) is 23.5. The summed E-state index contributed by atoms with van der Waals surface area (Å²) in [7, 11) is 1.51.